The predicted octanol–water partition coefficient (Wildman–Crippen LogP) is 5.25. The first-order valence-corrected chi connectivity index (χ1v) is 10.6. The van der Waals surface area contributed by atoms with Gasteiger partial charge < -0.3 is 9.47 Å². The lowest BCUT2D eigenvalue weighted by atomic mass is 10.2. The molecule has 0 aliphatic rings. The Labute approximate surface area is 173 Å². The van der Waals surface area contributed by atoms with Gasteiger partial charge in [-0.1, -0.05) is 95.6 Å². The maximum Gasteiger partial charge on any atom is 0.320 e. The molecule has 10 heteroatoms. The van der Waals surface area contributed by atoms with Crippen molar-refractivity contribution in [2.24, 2.45) is 0 Å². The first-order valence-electron chi connectivity index (χ1n) is 5.32. The van der Waals surface area contributed by atoms with E-state index in [1.165, 1.54) is 0 Å². The molecule has 0 fully saturated rings. The zero-order valence-electron chi connectivity index (χ0n) is 10.3. The number of rotatable bonds is 8. The zero-order valence-corrected chi connectivity index (χ0v) is 19.8. The summed E-state index contributed by atoms with van der Waals surface area (Å²) < 4.78 is 11.4. The number of carbonyl (C=O) groups is 2. The summed E-state index contributed by atoms with van der Waals surface area (Å²) in [6.07, 6.45) is 0.211. The maximum atomic E-state index is 11.7. The molecule has 4 nitrogen and oxygen atoms in total. The molecule has 0 amide bonds. The van der Waals surface area contributed by atoms with E-state index in [0.29, 0.717) is 8.96 Å². The Balaban J connectivity index is 4.21. The van der Waals surface area contributed by atoms with Gasteiger partial charge in [-0.25, -0.2) is 0 Å². The normalized spacial score (nSPS) is 15.3. The van der Waals surface area contributed by atoms with Crippen LogP contribution < -0.4 is 0 Å². The van der Waals surface area contributed by atoms with Gasteiger partial charge in [0.2, 0.25) is 0 Å². The highest BCUT2D eigenvalue weighted by Crippen LogP contribution is 2.19. The fourth-order valence-electron chi connectivity index (χ4n) is 0.898. The summed E-state index contributed by atoms with van der Waals surface area (Å²) in [4.78, 5) is 25.4. The summed E-state index contributed by atoms with van der Waals surface area (Å²) >= 11 is 19.0. The molecule has 0 heterocycles. The Hall–Kier alpha value is 1.30. The van der Waals surface area contributed by atoms with Crippen molar-refractivity contribution in [3.8, 4) is 0 Å². The van der Waals surface area contributed by atoms with Gasteiger partial charge in [-0.3, -0.25) is 9.59 Å². The van der Waals surface area contributed by atoms with Crippen LogP contribution in [0.25, 0.3) is 0 Å². The van der Waals surface area contributed by atoms with E-state index in [1.54, 1.807) is 9.97 Å². The quantitative estimate of drug-likeness (QED) is 0.259. The number of hydrogen-bond acceptors (Lipinski definition) is 4. The summed E-state index contributed by atoms with van der Waals surface area (Å²) in [5, 5.41) is 0. The minimum atomic E-state index is -0.611. The molecular weight excluding hydrogens is 676 g/mol. The van der Waals surface area contributed by atoms with E-state index in [0.717, 1.165) is 0 Å². The van der Waals surface area contributed by atoms with Crippen LogP contribution in [0.4, 0.5) is 0 Å². The van der Waals surface area contributed by atoms with Gasteiger partial charge in [0.05, 0.1) is 0 Å². The number of ether oxygens (including phenoxy) is 2. The summed E-state index contributed by atoms with van der Waals surface area (Å²) in [6, 6.07) is 0. The van der Waals surface area contributed by atoms with Crippen LogP contribution in [0.5, 0.6) is 0 Å². The first-order chi connectivity index (χ1) is 9.81. The lowest BCUT2D eigenvalue weighted by molar-refractivity contribution is -0.143. The third-order valence-corrected chi connectivity index (χ3v) is 6.61. The third kappa shape index (κ3) is 10.6. The molecule has 0 aliphatic heterocycles. The standard InChI is InChI=1S/C11H10Br6O4/c12-2-6(14)4-20-10(18)8(16)1-9(17)11(19)21-5-7(15)3-13/h2-3,8-9H,1,4-5H2. The SMILES string of the molecule is O=C(OCC(Br)=CBr)C(Br)CC(Br)C(=O)OCC(Br)=CBr. The second-order valence-electron chi connectivity index (χ2n) is 3.50. The van der Waals surface area contributed by atoms with E-state index in [4.69, 9.17) is 9.47 Å². The lowest BCUT2D eigenvalue weighted by Crippen LogP contribution is -2.26. The molecule has 0 aromatic carbocycles. The highest BCUT2D eigenvalue weighted by Gasteiger charge is 2.25. The number of alkyl halides is 2. The molecule has 0 rings (SSSR count). The van der Waals surface area contributed by atoms with E-state index < -0.39 is 21.6 Å². The van der Waals surface area contributed by atoms with Crippen LogP contribution >= 0.6 is 95.6 Å². The minimum Gasteiger partial charge on any atom is -0.459 e. The van der Waals surface area contributed by atoms with Crippen molar-refractivity contribution in [3.05, 3.63) is 18.9 Å². The third-order valence-electron chi connectivity index (χ3n) is 1.87. The molecule has 0 aliphatic carbocycles. The largest absolute Gasteiger partial charge is 0.459 e. The Bertz CT molecular complexity index is 385. The van der Waals surface area contributed by atoms with Gasteiger partial charge in [0.1, 0.15) is 22.9 Å². The molecular formula is C11H10Br6O4. The van der Waals surface area contributed by atoms with Gasteiger partial charge in [-0.2, -0.15) is 0 Å². The van der Waals surface area contributed by atoms with Crippen LogP contribution in [0.15, 0.2) is 18.9 Å². The summed E-state index contributed by atoms with van der Waals surface area (Å²) in [6.45, 7) is 0.235. The van der Waals surface area contributed by atoms with Gasteiger partial charge in [-0.05, 0) is 16.4 Å². The fraction of sp³-hybridized carbons (Fsp3) is 0.455. The van der Waals surface area contributed by atoms with Crippen LogP contribution in [0, 0.1) is 0 Å². The van der Waals surface area contributed by atoms with Crippen molar-refractivity contribution in [3.63, 3.8) is 0 Å². The van der Waals surface area contributed by atoms with Crippen LogP contribution in [0.3, 0.4) is 0 Å². The van der Waals surface area contributed by atoms with Crippen molar-refractivity contribution >= 4 is 108 Å². The summed E-state index contributed by atoms with van der Waals surface area (Å²) in [5.74, 6) is -0.917. The lowest BCUT2D eigenvalue weighted by Gasteiger charge is -2.13. The molecule has 2 unspecified atom stereocenters. The number of halogens is 6. The average molecular weight is 686 g/mol. The summed E-state index contributed by atoms with van der Waals surface area (Å²) in [7, 11) is 0. The van der Waals surface area contributed by atoms with Crippen LogP contribution in [-0.2, 0) is 19.1 Å². The molecule has 0 N–H and O–H groups in total. The smallest absolute Gasteiger partial charge is 0.320 e. The fourth-order valence-corrected chi connectivity index (χ4v) is 2.90. The van der Waals surface area contributed by atoms with Crippen molar-refractivity contribution in [1.29, 1.82) is 0 Å². The molecule has 0 aromatic rings. The van der Waals surface area contributed by atoms with Gasteiger partial charge in [-0.15, -0.1) is 0 Å². The Kier molecular flexibility index (Phi) is 13.5. The average Bonchev–Trinajstić information content (AvgIpc) is 2.48. The summed E-state index contributed by atoms with van der Waals surface area (Å²) in [5.41, 5.74) is 0. The van der Waals surface area contributed by atoms with Crippen LogP contribution in [0.2, 0.25) is 0 Å². The van der Waals surface area contributed by atoms with Gasteiger partial charge in [0.15, 0.2) is 0 Å². The van der Waals surface area contributed by atoms with Gasteiger partial charge >= 0.3 is 11.9 Å². The van der Waals surface area contributed by atoms with E-state index in [9.17, 15) is 9.59 Å². The second-order valence-corrected chi connectivity index (χ2v) is 8.66. The second kappa shape index (κ2) is 12.7. The van der Waals surface area contributed by atoms with Gasteiger partial charge in [0.25, 0.3) is 0 Å². The van der Waals surface area contributed by atoms with E-state index in [2.05, 4.69) is 95.6 Å². The Morgan fingerprint density at radius 1 is 0.857 bits per heavy atom. The van der Waals surface area contributed by atoms with Crippen LogP contribution in [-0.4, -0.2) is 34.8 Å². The van der Waals surface area contributed by atoms with Crippen molar-refractivity contribution in [1.82, 2.24) is 0 Å². The van der Waals surface area contributed by atoms with Crippen molar-refractivity contribution in [2.45, 2.75) is 16.1 Å². The maximum absolute atomic E-state index is 11.7. The molecule has 0 aromatic heterocycles. The monoisotopic (exact) mass is 680 g/mol. The first kappa shape index (κ1) is 22.3. The molecule has 0 saturated carbocycles. The molecule has 120 valence electrons. The van der Waals surface area contributed by atoms with Crippen molar-refractivity contribution < 1.29 is 19.1 Å². The van der Waals surface area contributed by atoms with E-state index in [-0.39, 0.29) is 19.6 Å². The molecule has 21 heavy (non-hydrogen) atoms. The van der Waals surface area contributed by atoms with Crippen LogP contribution in [0.1, 0.15) is 6.42 Å². The molecule has 0 spiro atoms. The van der Waals surface area contributed by atoms with Crippen molar-refractivity contribution in [2.75, 3.05) is 13.2 Å². The Morgan fingerprint density at radius 3 is 1.48 bits per heavy atom. The number of carbonyl (C=O) groups excluding carboxylic acids is 2. The molecule has 2 atom stereocenters. The van der Waals surface area contributed by atoms with E-state index >= 15 is 0 Å². The molecule has 0 radical (unpaired) electrons. The molecule has 0 saturated heterocycles. The predicted molar refractivity (Wildman–Crippen MR) is 104 cm³/mol. The van der Waals surface area contributed by atoms with E-state index in [1.807, 2.05) is 0 Å². The van der Waals surface area contributed by atoms with Gasteiger partial charge in [0, 0.05) is 8.96 Å². The highest BCUT2D eigenvalue weighted by atomic mass is 79.9. The topological polar surface area (TPSA) is 52.6 Å². The minimum absolute atomic E-state index is 0.118. The number of esters is 2. The highest BCUT2D eigenvalue weighted by molar-refractivity contribution is 9.14. The number of hydrogen-bond donors (Lipinski definition) is 0. The molecule has 0 bridgehead atoms. The zero-order chi connectivity index (χ0) is 16.4. The Morgan fingerprint density at radius 2 is 1.19 bits per heavy atom.